The minimum atomic E-state index is 0.308. The number of carbonyl (C=O) groups excluding carboxylic acids is 1. The van der Waals surface area contributed by atoms with E-state index in [4.69, 9.17) is 0 Å². The average Bonchev–Trinajstić information content (AvgIpc) is 2.82. The Morgan fingerprint density at radius 3 is 2.83 bits per heavy atom. The monoisotopic (exact) mass is 253 g/mol. The normalized spacial score (nSPS) is 28.9. The van der Waals surface area contributed by atoms with Gasteiger partial charge in [0.1, 0.15) is 0 Å². The molecule has 18 heavy (non-hydrogen) atoms. The molecular weight excluding hydrogens is 226 g/mol. The Kier molecular flexibility index (Phi) is 5.01. The minimum absolute atomic E-state index is 0.308. The maximum absolute atomic E-state index is 12.3. The number of likely N-dealkylation sites (N-methyl/N-ethyl adjacent to an activating group) is 1. The standard InChI is InChI=1S/C14H27N3O/c1-12-6-3-4-9-17(12)14(18)11-16(2)10-13-7-5-8-15-13/h12-13,15H,3-11H2,1-2H3. The Balaban J connectivity index is 1.75. The van der Waals surface area contributed by atoms with Gasteiger partial charge in [-0.2, -0.15) is 0 Å². The summed E-state index contributed by atoms with van der Waals surface area (Å²) in [5.41, 5.74) is 0. The Morgan fingerprint density at radius 1 is 1.33 bits per heavy atom. The first kappa shape index (κ1) is 13.8. The highest BCUT2D eigenvalue weighted by atomic mass is 16.2. The van der Waals surface area contributed by atoms with Crippen molar-refractivity contribution in [1.29, 1.82) is 0 Å². The molecule has 1 N–H and O–H groups in total. The summed E-state index contributed by atoms with van der Waals surface area (Å²) in [6.45, 7) is 5.83. The summed E-state index contributed by atoms with van der Waals surface area (Å²) in [7, 11) is 2.06. The third-order valence-electron chi connectivity index (χ3n) is 4.22. The van der Waals surface area contributed by atoms with Gasteiger partial charge < -0.3 is 10.2 Å². The van der Waals surface area contributed by atoms with E-state index < -0.39 is 0 Å². The van der Waals surface area contributed by atoms with Crippen molar-refractivity contribution in [3.8, 4) is 0 Å². The number of hydrogen-bond acceptors (Lipinski definition) is 3. The van der Waals surface area contributed by atoms with Gasteiger partial charge in [0, 0.05) is 25.2 Å². The van der Waals surface area contributed by atoms with E-state index in [1.807, 2.05) is 0 Å². The number of amides is 1. The average molecular weight is 253 g/mol. The van der Waals surface area contributed by atoms with Crippen LogP contribution in [0.4, 0.5) is 0 Å². The summed E-state index contributed by atoms with van der Waals surface area (Å²) in [6.07, 6.45) is 6.13. The number of piperidine rings is 1. The number of nitrogens with zero attached hydrogens (tertiary/aromatic N) is 2. The molecule has 0 aromatic heterocycles. The Bertz CT molecular complexity index is 276. The lowest BCUT2D eigenvalue weighted by Crippen LogP contribution is -2.47. The van der Waals surface area contributed by atoms with E-state index in [2.05, 4.69) is 29.1 Å². The summed E-state index contributed by atoms with van der Waals surface area (Å²) >= 11 is 0. The summed E-state index contributed by atoms with van der Waals surface area (Å²) in [4.78, 5) is 16.5. The maximum Gasteiger partial charge on any atom is 0.236 e. The zero-order chi connectivity index (χ0) is 13.0. The highest BCUT2D eigenvalue weighted by Gasteiger charge is 2.24. The van der Waals surface area contributed by atoms with Crippen molar-refractivity contribution in [2.24, 2.45) is 0 Å². The molecule has 0 aromatic rings. The number of hydrogen-bond donors (Lipinski definition) is 1. The first-order valence-electron chi connectivity index (χ1n) is 7.38. The van der Waals surface area contributed by atoms with Gasteiger partial charge in [-0.25, -0.2) is 0 Å². The fourth-order valence-corrected chi connectivity index (χ4v) is 3.14. The van der Waals surface area contributed by atoms with Crippen LogP contribution in [-0.2, 0) is 4.79 Å². The van der Waals surface area contributed by atoms with E-state index in [1.54, 1.807) is 0 Å². The van der Waals surface area contributed by atoms with Gasteiger partial charge in [-0.15, -0.1) is 0 Å². The van der Waals surface area contributed by atoms with Crippen molar-refractivity contribution < 1.29 is 4.79 Å². The summed E-state index contributed by atoms with van der Waals surface area (Å²) in [5.74, 6) is 0.308. The third kappa shape index (κ3) is 3.69. The molecule has 2 saturated heterocycles. The first-order chi connectivity index (χ1) is 8.66. The Labute approximate surface area is 111 Å². The molecule has 1 amide bonds. The van der Waals surface area contributed by atoms with Crippen LogP contribution >= 0.6 is 0 Å². The van der Waals surface area contributed by atoms with E-state index in [-0.39, 0.29) is 0 Å². The second-order valence-corrected chi connectivity index (χ2v) is 5.92. The fraction of sp³-hybridized carbons (Fsp3) is 0.929. The molecule has 4 nitrogen and oxygen atoms in total. The molecule has 0 bridgehead atoms. The molecule has 2 aliphatic heterocycles. The van der Waals surface area contributed by atoms with E-state index in [1.165, 1.54) is 32.1 Å². The molecule has 0 aromatic carbocycles. The zero-order valence-corrected chi connectivity index (χ0v) is 11.8. The Hall–Kier alpha value is -0.610. The van der Waals surface area contributed by atoms with Gasteiger partial charge in [-0.1, -0.05) is 0 Å². The van der Waals surface area contributed by atoms with E-state index in [0.717, 1.165) is 19.6 Å². The predicted molar refractivity (Wildman–Crippen MR) is 73.5 cm³/mol. The van der Waals surface area contributed by atoms with Crippen LogP contribution in [0, 0.1) is 0 Å². The highest BCUT2D eigenvalue weighted by Crippen LogP contribution is 2.16. The van der Waals surface area contributed by atoms with Crippen LogP contribution in [0.3, 0.4) is 0 Å². The van der Waals surface area contributed by atoms with Crippen LogP contribution in [-0.4, -0.2) is 61.0 Å². The van der Waals surface area contributed by atoms with Gasteiger partial charge in [-0.3, -0.25) is 9.69 Å². The molecule has 2 aliphatic rings. The van der Waals surface area contributed by atoms with Crippen molar-refractivity contribution >= 4 is 5.91 Å². The van der Waals surface area contributed by atoms with Crippen molar-refractivity contribution in [1.82, 2.24) is 15.1 Å². The Morgan fingerprint density at radius 2 is 2.17 bits per heavy atom. The van der Waals surface area contributed by atoms with Crippen molar-refractivity contribution in [3.05, 3.63) is 0 Å². The van der Waals surface area contributed by atoms with Crippen LogP contribution in [0.2, 0.25) is 0 Å². The number of carbonyl (C=O) groups is 1. The molecular formula is C14H27N3O. The molecule has 4 heteroatoms. The van der Waals surface area contributed by atoms with E-state index in [9.17, 15) is 4.79 Å². The third-order valence-corrected chi connectivity index (χ3v) is 4.22. The van der Waals surface area contributed by atoms with Crippen molar-refractivity contribution in [3.63, 3.8) is 0 Å². The molecule has 2 unspecified atom stereocenters. The predicted octanol–water partition coefficient (Wildman–Crippen LogP) is 1.07. The SMILES string of the molecule is CC1CCCCN1C(=O)CN(C)CC1CCCN1. The van der Waals surface area contributed by atoms with Crippen molar-refractivity contribution in [2.75, 3.05) is 33.2 Å². The molecule has 2 fully saturated rings. The van der Waals surface area contributed by atoms with Crippen LogP contribution in [0.5, 0.6) is 0 Å². The van der Waals surface area contributed by atoms with Gasteiger partial charge in [0.05, 0.1) is 6.54 Å². The molecule has 0 aliphatic carbocycles. The van der Waals surface area contributed by atoms with Gasteiger partial charge >= 0.3 is 0 Å². The lowest BCUT2D eigenvalue weighted by atomic mass is 10.0. The fourth-order valence-electron chi connectivity index (χ4n) is 3.14. The topological polar surface area (TPSA) is 35.6 Å². The number of likely N-dealkylation sites (tertiary alicyclic amines) is 1. The minimum Gasteiger partial charge on any atom is -0.339 e. The first-order valence-corrected chi connectivity index (χ1v) is 7.38. The molecule has 0 saturated carbocycles. The molecule has 0 spiro atoms. The molecule has 2 heterocycles. The summed E-state index contributed by atoms with van der Waals surface area (Å²) in [5, 5.41) is 3.48. The van der Waals surface area contributed by atoms with Gasteiger partial charge in [0.15, 0.2) is 0 Å². The smallest absolute Gasteiger partial charge is 0.236 e. The number of rotatable bonds is 4. The van der Waals surface area contributed by atoms with Crippen LogP contribution in [0.1, 0.15) is 39.0 Å². The second kappa shape index (κ2) is 6.53. The maximum atomic E-state index is 12.3. The van der Waals surface area contributed by atoms with Gasteiger partial charge in [0.2, 0.25) is 5.91 Å². The van der Waals surface area contributed by atoms with Crippen LogP contribution in [0.15, 0.2) is 0 Å². The lowest BCUT2D eigenvalue weighted by molar-refractivity contribution is -0.135. The van der Waals surface area contributed by atoms with E-state index >= 15 is 0 Å². The second-order valence-electron chi connectivity index (χ2n) is 5.92. The summed E-state index contributed by atoms with van der Waals surface area (Å²) < 4.78 is 0. The highest BCUT2D eigenvalue weighted by molar-refractivity contribution is 5.78. The largest absolute Gasteiger partial charge is 0.339 e. The molecule has 104 valence electrons. The molecule has 0 radical (unpaired) electrons. The van der Waals surface area contributed by atoms with Gasteiger partial charge in [0.25, 0.3) is 0 Å². The van der Waals surface area contributed by atoms with E-state index in [0.29, 0.717) is 24.5 Å². The quantitative estimate of drug-likeness (QED) is 0.814. The molecule has 2 atom stereocenters. The molecule has 2 rings (SSSR count). The zero-order valence-electron chi connectivity index (χ0n) is 11.8. The van der Waals surface area contributed by atoms with Gasteiger partial charge in [-0.05, 0) is 52.6 Å². The van der Waals surface area contributed by atoms with Crippen molar-refractivity contribution in [2.45, 2.75) is 51.1 Å². The van der Waals surface area contributed by atoms with Crippen LogP contribution < -0.4 is 5.32 Å². The van der Waals surface area contributed by atoms with Crippen LogP contribution in [0.25, 0.3) is 0 Å². The lowest BCUT2D eigenvalue weighted by Gasteiger charge is -2.34. The number of nitrogens with one attached hydrogen (secondary N) is 1. The summed E-state index contributed by atoms with van der Waals surface area (Å²) in [6, 6.07) is 1.02.